The van der Waals surface area contributed by atoms with Crippen LogP contribution in [0.2, 0.25) is 0 Å². The Balaban J connectivity index is 1.72. The van der Waals surface area contributed by atoms with Crippen molar-refractivity contribution in [1.82, 2.24) is 5.43 Å². The number of ether oxygens (including phenoxy) is 2. The van der Waals surface area contributed by atoms with Crippen molar-refractivity contribution in [3.63, 3.8) is 0 Å². The Morgan fingerprint density at radius 3 is 2.58 bits per heavy atom. The van der Waals surface area contributed by atoms with E-state index in [1.165, 1.54) is 18.3 Å². The van der Waals surface area contributed by atoms with Crippen LogP contribution in [0.1, 0.15) is 34.0 Å². The number of benzene rings is 3. The number of nitriles is 1. The van der Waals surface area contributed by atoms with Crippen LogP contribution in [0, 0.1) is 24.3 Å². The van der Waals surface area contributed by atoms with Gasteiger partial charge in [0, 0.05) is 3.57 Å². The Morgan fingerprint density at radius 2 is 1.91 bits per heavy atom. The van der Waals surface area contributed by atoms with Crippen molar-refractivity contribution in [1.29, 1.82) is 5.26 Å². The van der Waals surface area contributed by atoms with Crippen molar-refractivity contribution in [2.75, 3.05) is 6.61 Å². The minimum atomic E-state index is -0.787. The molecule has 0 unspecified atom stereocenters. The van der Waals surface area contributed by atoms with Crippen LogP contribution >= 0.6 is 45.2 Å². The number of hydrogen-bond donors (Lipinski definition) is 1. The molecular weight excluding hydrogens is 651 g/mol. The first-order valence-electron chi connectivity index (χ1n) is 9.78. The van der Waals surface area contributed by atoms with Gasteiger partial charge in [-0.05, 0) is 106 Å². The van der Waals surface area contributed by atoms with Gasteiger partial charge in [0.15, 0.2) is 11.5 Å². The molecule has 0 aromatic heterocycles. The monoisotopic (exact) mass is 669 g/mol. The fourth-order valence-electron chi connectivity index (χ4n) is 2.80. The van der Waals surface area contributed by atoms with Crippen LogP contribution in [-0.2, 0) is 6.61 Å². The maximum absolute atomic E-state index is 14.0. The largest absolute Gasteiger partial charge is 0.490 e. The summed E-state index contributed by atoms with van der Waals surface area (Å²) in [6.07, 6.45) is 1.44. The maximum Gasteiger partial charge on any atom is 0.274 e. The highest BCUT2D eigenvalue weighted by atomic mass is 127. The summed E-state index contributed by atoms with van der Waals surface area (Å²) in [5.74, 6) is -0.326. The Kier molecular flexibility index (Phi) is 9.02. The van der Waals surface area contributed by atoms with Crippen LogP contribution in [0.5, 0.6) is 11.5 Å². The molecule has 33 heavy (non-hydrogen) atoms. The van der Waals surface area contributed by atoms with Gasteiger partial charge >= 0.3 is 0 Å². The zero-order valence-corrected chi connectivity index (χ0v) is 21.8. The van der Waals surface area contributed by atoms with Gasteiger partial charge in [-0.15, -0.1) is 0 Å². The highest BCUT2D eigenvalue weighted by Gasteiger charge is 2.14. The Labute approximate surface area is 218 Å². The highest BCUT2D eigenvalue weighted by molar-refractivity contribution is 14.1. The van der Waals surface area contributed by atoms with Crippen molar-refractivity contribution < 1.29 is 18.7 Å². The molecular formula is C24H18FI2N3O3. The Hall–Kier alpha value is -2.72. The average Bonchev–Trinajstić information content (AvgIpc) is 2.79. The molecule has 0 aliphatic carbocycles. The van der Waals surface area contributed by atoms with Crippen molar-refractivity contribution in [2.45, 2.75) is 13.5 Å². The molecule has 9 heteroatoms. The predicted octanol–water partition coefficient (Wildman–Crippen LogP) is 5.65. The Morgan fingerprint density at radius 1 is 1.15 bits per heavy atom. The lowest BCUT2D eigenvalue weighted by Crippen LogP contribution is -2.19. The smallest absolute Gasteiger partial charge is 0.274 e. The standard InChI is InChI=1S/C24H18FI2N3O3/c1-2-32-22-11-17(10-21(27)23(22)33-14-15-3-6-18(26)7-4-15)13-29-30-24(31)19-8-5-16(12-28)9-20(19)25/h3-11,13H,2,14H2,1H3,(H,30,31)/b29-13-. The number of carbonyl (C=O) groups excluding carboxylic acids is 1. The van der Waals surface area contributed by atoms with Crippen LogP contribution in [0.4, 0.5) is 4.39 Å². The first-order chi connectivity index (χ1) is 15.9. The summed E-state index contributed by atoms with van der Waals surface area (Å²) < 4.78 is 27.7. The molecule has 0 saturated heterocycles. The van der Waals surface area contributed by atoms with Crippen molar-refractivity contribution in [2.24, 2.45) is 5.10 Å². The number of carbonyl (C=O) groups is 1. The van der Waals surface area contributed by atoms with E-state index in [9.17, 15) is 9.18 Å². The van der Waals surface area contributed by atoms with E-state index in [0.717, 1.165) is 18.8 Å². The SMILES string of the molecule is CCOc1cc(/C=N\NC(=O)c2ccc(C#N)cc2F)cc(I)c1OCc1ccc(I)cc1. The number of amides is 1. The summed E-state index contributed by atoms with van der Waals surface area (Å²) in [6, 6.07) is 17.1. The second-order valence-corrected chi connectivity index (χ2v) is 9.09. The van der Waals surface area contributed by atoms with E-state index in [2.05, 4.69) is 55.7 Å². The highest BCUT2D eigenvalue weighted by Crippen LogP contribution is 2.34. The minimum absolute atomic E-state index is 0.134. The van der Waals surface area contributed by atoms with Crippen molar-refractivity contribution in [3.05, 3.63) is 89.8 Å². The minimum Gasteiger partial charge on any atom is -0.490 e. The van der Waals surface area contributed by atoms with Crippen molar-refractivity contribution in [3.8, 4) is 17.6 Å². The fourth-order valence-corrected chi connectivity index (χ4v) is 3.94. The maximum atomic E-state index is 14.0. The third-order valence-electron chi connectivity index (χ3n) is 4.35. The van der Waals surface area contributed by atoms with Gasteiger partial charge in [-0.3, -0.25) is 4.79 Å². The molecule has 0 atom stereocenters. The van der Waals surface area contributed by atoms with E-state index < -0.39 is 11.7 Å². The van der Waals surface area contributed by atoms with E-state index in [1.54, 1.807) is 6.07 Å². The third kappa shape index (κ3) is 6.88. The lowest BCUT2D eigenvalue weighted by Gasteiger charge is -2.15. The Bertz CT molecular complexity index is 1220. The second-order valence-electron chi connectivity index (χ2n) is 6.68. The van der Waals surface area contributed by atoms with Crippen LogP contribution in [0.15, 0.2) is 59.7 Å². The number of halogens is 3. The van der Waals surface area contributed by atoms with Crippen molar-refractivity contribution >= 4 is 57.3 Å². The third-order valence-corrected chi connectivity index (χ3v) is 5.87. The fraction of sp³-hybridized carbons (Fsp3) is 0.125. The van der Waals surface area contributed by atoms with E-state index in [4.69, 9.17) is 14.7 Å². The number of hydrazone groups is 1. The zero-order valence-electron chi connectivity index (χ0n) is 17.4. The second kappa shape index (κ2) is 11.9. The molecule has 0 heterocycles. The van der Waals surface area contributed by atoms with Gasteiger partial charge < -0.3 is 9.47 Å². The van der Waals surface area contributed by atoms with Gasteiger partial charge in [0.25, 0.3) is 5.91 Å². The molecule has 0 spiro atoms. The van der Waals surface area contributed by atoms with Gasteiger partial charge in [-0.25, -0.2) is 9.82 Å². The predicted molar refractivity (Wildman–Crippen MR) is 140 cm³/mol. The van der Waals surface area contributed by atoms with Crippen LogP contribution < -0.4 is 14.9 Å². The van der Waals surface area contributed by atoms with E-state index in [-0.39, 0.29) is 11.1 Å². The molecule has 0 aliphatic heterocycles. The van der Waals surface area contributed by atoms with Crippen LogP contribution in [0.25, 0.3) is 0 Å². The summed E-state index contributed by atoms with van der Waals surface area (Å²) in [5.41, 5.74) is 3.94. The van der Waals surface area contributed by atoms with E-state index in [1.807, 2.05) is 43.3 Å². The summed E-state index contributed by atoms with van der Waals surface area (Å²) >= 11 is 4.41. The van der Waals surface area contributed by atoms with Gasteiger partial charge in [0.2, 0.25) is 0 Å². The number of nitrogens with zero attached hydrogens (tertiary/aromatic N) is 2. The van der Waals surface area contributed by atoms with E-state index in [0.29, 0.717) is 30.3 Å². The molecule has 0 fully saturated rings. The molecule has 3 aromatic carbocycles. The average molecular weight is 669 g/mol. The normalized spacial score (nSPS) is 10.6. The lowest BCUT2D eigenvalue weighted by molar-refractivity contribution is 0.0951. The van der Waals surface area contributed by atoms with Crippen LogP contribution in [-0.4, -0.2) is 18.7 Å². The summed E-state index contributed by atoms with van der Waals surface area (Å²) in [7, 11) is 0. The number of rotatable bonds is 8. The first kappa shape index (κ1) is 24.9. The molecule has 6 nitrogen and oxygen atoms in total. The summed E-state index contributed by atoms with van der Waals surface area (Å²) in [6.45, 7) is 2.72. The lowest BCUT2D eigenvalue weighted by atomic mass is 10.1. The van der Waals surface area contributed by atoms with Gasteiger partial charge in [0.05, 0.1) is 33.6 Å². The van der Waals surface area contributed by atoms with Gasteiger partial charge in [0.1, 0.15) is 12.4 Å². The number of nitrogens with one attached hydrogen (secondary N) is 1. The molecule has 0 bridgehead atoms. The first-order valence-corrected chi connectivity index (χ1v) is 11.9. The molecule has 0 aliphatic rings. The molecule has 1 amide bonds. The quantitative estimate of drug-likeness (QED) is 0.191. The molecule has 0 saturated carbocycles. The summed E-state index contributed by atoms with van der Waals surface area (Å²) in [5, 5.41) is 12.7. The molecule has 0 radical (unpaired) electrons. The molecule has 168 valence electrons. The van der Waals surface area contributed by atoms with E-state index >= 15 is 0 Å². The summed E-state index contributed by atoms with van der Waals surface area (Å²) in [4.78, 5) is 12.2. The zero-order chi connectivity index (χ0) is 23.8. The molecule has 3 aromatic rings. The topological polar surface area (TPSA) is 83.7 Å². The molecule has 3 rings (SSSR count). The van der Waals surface area contributed by atoms with Crippen LogP contribution in [0.3, 0.4) is 0 Å². The van der Waals surface area contributed by atoms with Gasteiger partial charge in [-0.2, -0.15) is 10.4 Å². The number of hydrogen-bond acceptors (Lipinski definition) is 5. The van der Waals surface area contributed by atoms with Gasteiger partial charge in [-0.1, -0.05) is 12.1 Å². The molecule has 1 N–H and O–H groups in total.